The highest BCUT2D eigenvalue weighted by Crippen LogP contribution is 2.37. The van der Waals surface area contributed by atoms with E-state index in [1.54, 1.807) is 12.3 Å². The number of aromatic nitrogens is 1. The smallest absolute Gasteiger partial charge is 0.149 e. The predicted molar refractivity (Wildman–Crippen MR) is 72.5 cm³/mol. The molecule has 3 rings (SSSR count). The van der Waals surface area contributed by atoms with E-state index in [9.17, 15) is 9.18 Å². The monoisotopic (exact) mass is 257 g/mol. The van der Waals surface area contributed by atoms with Crippen LogP contribution in [0, 0.1) is 11.7 Å². The summed E-state index contributed by atoms with van der Waals surface area (Å²) in [6, 6.07) is 7.11. The molecule has 0 aliphatic heterocycles. The Hall–Kier alpha value is -1.77. The highest BCUT2D eigenvalue weighted by Gasteiger charge is 2.23. The fraction of sp³-hybridized carbons (Fsp3) is 0.375. The maximum atomic E-state index is 13.7. The molecule has 0 amide bonds. The number of fused-ring (bicyclic) bond motifs is 1. The fourth-order valence-corrected chi connectivity index (χ4v) is 3.08. The Morgan fingerprint density at radius 2 is 1.95 bits per heavy atom. The van der Waals surface area contributed by atoms with Gasteiger partial charge >= 0.3 is 0 Å². The van der Waals surface area contributed by atoms with E-state index in [1.807, 2.05) is 12.1 Å². The van der Waals surface area contributed by atoms with Gasteiger partial charge in [0, 0.05) is 17.5 Å². The molecule has 0 radical (unpaired) electrons. The molecule has 0 atom stereocenters. The summed E-state index contributed by atoms with van der Waals surface area (Å²) in [5.74, 6) is 0.366. The second kappa shape index (κ2) is 5.08. The van der Waals surface area contributed by atoms with Crippen molar-refractivity contribution in [3.63, 3.8) is 0 Å². The largest absolute Gasteiger partial charge is 0.303 e. The minimum atomic E-state index is -0.263. The van der Waals surface area contributed by atoms with E-state index in [0.717, 1.165) is 37.4 Å². The summed E-state index contributed by atoms with van der Waals surface area (Å²) in [5, 5.41) is 0.914. The van der Waals surface area contributed by atoms with Gasteiger partial charge in [-0.05, 0) is 49.3 Å². The molecule has 0 spiro atoms. The van der Waals surface area contributed by atoms with E-state index in [4.69, 9.17) is 0 Å². The third-order valence-corrected chi connectivity index (χ3v) is 4.16. The molecule has 1 heterocycles. The van der Waals surface area contributed by atoms with E-state index in [1.165, 1.54) is 11.6 Å². The summed E-state index contributed by atoms with van der Waals surface area (Å²) in [7, 11) is 0. The summed E-state index contributed by atoms with van der Waals surface area (Å²) in [4.78, 5) is 14.9. The van der Waals surface area contributed by atoms with Crippen LogP contribution in [0.25, 0.3) is 10.9 Å². The van der Waals surface area contributed by atoms with Crippen LogP contribution in [0.4, 0.5) is 4.39 Å². The maximum absolute atomic E-state index is 13.7. The SMILES string of the molecule is O=CC1CCC(c2ccnc3c(F)cccc23)CC1. The van der Waals surface area contributed by atoms with Gasteiger partial charge in [0.1, 0.15) is 17.6 Å². The molecule has 2 nitrogen and oxygen atoms in total. The first-order chi connectivity index (χ1) is 9.29. The lowest BCUT2D eigenvalue weighted by Gasteiger charge is -2.26. The summed E-state index contributed by atoms with van der Waals surface area (Å²) < 4.78 is 13.7. The van der Waals surface area contributed by atoms with Gasteiger partial charge in [0.05, 0.1) is 0 Å². The van der Waals surface area contributed by atoms with Crippen molar-refractivity contribution in [3.8, 4) is 0 Å². The van der Waals surface area contributed by atoms with Crippen molar-refractivity contribution in [2.75, 3.05) is 0 Å². The Morgan fingerprint density at radius 1 is 1.16 bits per heavy atom. The van der Waals surface area contributed by atoms with Crippen molar-refractivity contribution < 1.29 is 9.18 Å². The van der Waals surface area contributed by atoms with Crippen molar-refractivity contribution in [1.29, 1.82) is 0 Å². The number of halogens is 1. The number of carbonyl (C=O) groups is 1. The summed E-state index contributed by atoms with van der Waals surface area (Å²) in [6.45, 7) is 0. The minimum Gasteiger partial charge on any atom is -0.303 e. The summed E-state index contributed by atoms with van der Waals surface area (Å²) >= 11 is 0. The Labute approximate surface area is 111 Å². The molecule has 1 aliphatic carbocycles. The van der Waals surface area contributed by atoms with Crippen LogP contribution in [0.2, 0.25) is 0 Å². The van der Waals surface area contributed by atoms with E-state index < -0.39 is 0 Å². The Kier molecular flexibility index (Phi) is 3.28. The first-order valence-corrected chi connectivity index (χ1v) is 6.78. The molecular weight excluding hydrogens is 241 g/mol. The Bertz CT molecular complexity index is 603. The molecule has 1 aromatic heterocycles. The van der Waals surface area contributed by atoms with Crippen LogP contribution in [0.5, 0.6) is 0 Å². The molecule has 0 N–H and O–H groups in total. The highest BCUT2D eigenvalue weighted by atomic mass is 19.1. The number of nitrogens with zero attached hydrogens (tertiary/aromatic N) is 1. The van der Waals surface area contributed by atoms with Crippen LogP contribution >= 0.6 is 0 Å². The maximum Gasteiger partial charge on any atom is 0.149 e. The quantitative estimate of drug-likeness (QED) is 0.765. The highest BCUT2D eigenvalue weighted by molar-refractivity contribution is 5.83. The van der Waals surface area contributed by atoms with Gasteiger partial charge in [0.2, 0.25) is 0 Å². The molecule has 3 heteroatoms. The van der Waals surface area contributed by atoms with Gasteiger partial charge in [-0.15, -0.1) is 0 Å². The molecular formula is C16H16FNO. The van der Waals surface area contributed by atoms with Crippen molar-refractivity contribution in [1.82, 2.24) is 4.98 Å². The number of rotatable bonds is 2. The molecule has 1 saturated carbocycles. The lowest BCUT2D eigenvalue weighted by molar-refractivity contribution is -0.111. The number of hydrogen-bond donors (Lipinski definition) is 0. The minimum absolute atomic E-state index is 0.209. The number of hydrogen-bond acceptors (Lipinski definition) is 2. The molecule has 0 unspecified atom stereocenters. The molecule has 1 fully saturated rings. The van der Waals surface area contributed by atoms with E-state index >= 15 is 0 Å². The molecule has 0 saturated heterocycles. The number of pyridine rings is 1. The van der Waals surface area contributed by atoms with Crippen molar-refractivity contribution >= 4 is 17.2 Å². The second-order valence-corrected chi connectivity index (χ2v) is 5.28. The summed E-state index contributed by atoms with van der Waals surface area (Å²) in [6.07, 6.45) is 6.63. The molecule has 0 bridgehead atoms. The van der Waals surface area contributed by atoms with Crippen LogP contribution < -0.4 is 0 Å². The van der Waals surface area contributed by atoms with Gasteiger partial charge in [-0.3, -0.25) is 4.98 Å². The fourth-order valence-electron chi connectivity index (χ4n) is 3.08. The average molecular weight is 257 g/mol. The van der Waals surface area contributed by atoms with Crippen LogP contribution in [0.15, 0.2) is 30.5 Å². The zero-order valence-corrected chi connectivity index (χ0v) is 10.7. The molecule has 1 aliphatic rings. The number of carbonyl (C=O) groups excluding carboxylic acids is 1. The normalized spacial score (nSPS) is 23.4. The predicted octanol–water partition coefficient (Wildman–Crippen LogP) is 3.85. The molecule has 19 heavy (non-hydrogen) atoms. The average Bonchev–Trinajstić information content (AvgIpc) is 2.47. The van der Waals surface area contributed by atoms with Gasteiger partial charge in [-0.25, -0.2) is 4.39 Å². The number of benzene rings is 1. The van der Waals surface area contributed by atoms with Gasteiger partial charge in [0.25, 0.3) is 0 Å². The van der Waals surface area contributed by atoms with Gasteiger partial charge in [-0.1, -0.05) is 12.1 Å². The molecule has 1 aromatic carbocycles. The Balaban J connectivity index is 1.97. The molecule has 2 aromatic rings. The first-order valence-electron chi connectivity index (χ1n) is 6.78. The van der Waals surface area contributed by atoms with Gasteiger partial charge in [0.15, 0.2) is 0 Å². The zero-order valence-electron chi connectivity index (χ0n) is 10.7. The first kappa shape index (κ1) is 12.3. The molecule has 98 valence electrons. The summed E-state index contributed by atoms with van der Waals surface area (Å²) in [5.41, 5.74) is 1.63. The zero-order chi connectivity index (χ0) is 13.2. The van der Waals surface area contributed by atoms with E-state index in [-0.39, 0.29) is 11.7 Å². The van der Waals surface area contributed by atoms with Crippen LogP contribution in [0.1, 0.15) is 37.2 Å². The number of aldehydes is 1. The van der Waals surface area contributed by atoms with Gasteiger partial charge < -0.3 is 4.79 Å². The standard InChI is InChI=1S/C16H16FNO/c17-15-3-1-2-14-13(8-9-18-16(14)15)12-6-4-11(10-19)5-7-12/h1-3,8-12H,4-7H2. The van der Waals surface area contributed by atoms with Gasteiger partial charge in [-0.2, -0.15) is 0 Å². The number of para-hydroxylation sites is 1. The topological polar surface area (TPSA) is 30.0 Å². The van der Waals surface area contributed by atoms with Crippen molar-refractivity contribution in [3.05, 3.63) is 41.8 Å². The van der Waals surface area contributed by atoms with Crippen LogP contribution in [0.3, 0.4) is 0 Å². The van der Waals surface area contributed by atoms with Crippen LogP contribution in [-0.4, -0.2) is 11.3 Å². The second-order valence-electron chi connectivity index (χ2n) is 5.28. The van der Waals surface area contributed by atoms with E-state index in [2.05, 4.69) is 4.98 Å². The Morgan fingerprint density at radius 3 is 2.68 bits per heavy atom. The third kappa shape index (κ3) is 2.25. The lowest BCUT2D eigenvalue weighted by atomic mass is 9.78. The van der Waals surface area contributed by atoms with Crippen molar-refractivity contribution in [2.45, 2.75) is 31.6 Å². The third-order valence-electron chi connectivity index (χ3n) is 4.16. The van der Waals surface area contributed by atoms with E-state index in [0.29, 0.717) is 11.4 Å². The van der Waals surface area contributed by atoms with Crippen molar-refractivity contribution in [2.24, 2.45) is 5.92 Å². The van der Waals surface area contributed by atoms with Crippen LogP contribution in [-0.2, 0) is 4.79 Å². The lowest BCUT2D eigenvalue weighted by Crippen LogP contribution is -2.14.